The number of hydrogen-bond donors (Lipinski definition) is 0. The van der Waals surface area contributed by atoms with Gasteiger partial charge in [-0.15, -0.1) is 0 Å². The first kappa shape index (κ1) is 12.0. The molecule has 12 heavy (non-hydrogen) atoms. The van der Waals surface area contributed by atoms with Crippen molar-refractivity contribution in [3.63, 3.8) is 0 Å². The average Bonchev–Trinajstić information content (AvgIpc) is 2.33. The van der Waals surface area contributed by atoms with Crippen LogP contribution in [0.5, 0.6) is 0 Å². The molecule has 1 nitrogen and oxygen atoms in total. The van der Waals surface area contributed by atoms with E-state index in [1.54, 1.807) is 0 Å². The van der Waals surface area contributed by atoms with Gasteiger partial charge in [-0.3, -0.25) is 0 Å². The SMILES string of the molecule is CCC.CCN1CCCCCC1. The van der Waals surface area contributed by atoms with E-state index in [0.29, 0.717) is 0 Å². The first-order chi connectivity index (χ1) is 5.85. The van der Waals surface area contributed by atoms with E-state index in [0.717, 1.165) is 0 Å². The summed E-state index contributed by atoms with van der Waals surface area (Å²) in [6, 6.07) is 0. The Morgan fingerprint density at radius 1 is 0.833 bits per heavy atom. The fourth-order valence-corrected chi connectivity index (χ4v) is 1.45. The lowest BCUT2D eigenvalue weighted by Gasteiger charge is -2.15. The van der Waals surface area contributed by atoms with Crippen LogP contribution >= 0.6 is 0 Å². The van der Waals surface area contributed by atoms with E-state index in [4.69, 9.17) is 0 Å². The maximum Gasteiger partial charge on any atom is -0.00189 e. The first-order valence-corrected chi connectivity index (χ1v) is 5.57. The van der Waals surface area contributed by atoms with Crippen molar-refractivity contribution in [3.05, 3.63) is 0 Å². The topological polar surface area (TPSA) is 3.24 Å². The molecule has 0 N–H and O–H groups in total. The lowest BCUT2D eigenvalue weighted by molar-refractivity contribution is 0.301. The van der Waals surface area contributed by atoms with Gasteiger partial charge in [0, 0.05) is 0 Å². The van der Waals surface area contributed by atoms with Crippen LogP contribution in [-0.4, -0.2) is 24.5 Å². The van der Waals surface area contributed by atoms with Crippen molar-refractivity contribution in [1.29, 1.82) is 0 Å². The Balaban J connectivity index is 0.000000354. The van der Waals surface area contributed by atoms with Crippen LogP contribution in [0.4, 0.5) is 0 Å². The Morgan fingerprint density at radius 3 is 1.58 bits per heavy atom. The molecule has 0 aromatic rings. The van der Waals surface area contributed by atoms with Gasteiger partial charge in [-0.05, 0) is 32.5 Å². The van der Waals surface area contributed by atoms with Crippen LogP contribution in [0, 0.1) is 0 Å². The Labute approximate surface area is 78.1 Å². The van der Waals surface area contributed by atoms with Crippen molar-refractivity contribution in [1.82, 2.24) is 4.90 Å². The summed E-state index contributed by atoms with van der Waals surface area (Å²) in [7, 11) is 0. The quantitative estimate of drug-likeness (QED) is 0.585. The average molecular weight is 171 g/mol. The zero-order valence-electron chi connectivity index (χ0n) is 9.10. The fraction of sp³-hybridized carbons (Fsp3) is 1.00. The van der Waals surface area contributed by atoms with Crippen LogP contribution < -0.4 is 0 Å². The Bertz CT molecular complexity index is 73.1. The predicted molar refractivity (Wildman–Crippen MR) is 56.5 cm³/mol. The van der Waals surface area contributed by atoms with Crippen molar-refractivity contribution in [3.8, 4) is 0 Å². The molecule has 1 heterocycles. The summed E-state index contributed by atoms with van der Waals surface area (Å²) in [5, 5.41) is 0. The summed E-state index contributed by atoms with van der Waals surface area (Å²) in [6.45, 7) is 10.4. The highest BCUT2D eigenvalue weighted by atomic mass is 15.1. The molecule has 0 saturated carbocycles. The van der Waals surface area contributed by atoms with Gasteiger partial charge in [0.25, 0.3) is 0 Å². The standard InChI is InChI=1S/C8H17N.C3H8/c1-2-9-7-5-3-4-6-8-9;1-3-2/h2-8H2,1H3;3H2,1-2H3. The lowest BCUT2D eigenvalue weighted by Crippen LogP contribution is -2.23. The van der Waals surface area contributed by atoms with E-state index in [1.165, 1.54) is 51.7 Å². The second-order valence-electron chi connectivity index (χ2n) is 3.56. The third-order valence-electron chi connectivity index (χ3n) is 2.15. The van der Waals surface area contributed by atoms with Gasteiger partial charge in [-0.2, -0.15) is 0 Å². The molecule has 1 saturated heterocycles. The van der Waals surface area contributed by atoms with Crippen molar-refractivity contribution >= 4 is 0 Å². The van der Waals surface area contributed by atoms with Gasteiger partial charge >= 0.3 is 0 Å². The molecule has 74 valence electrons. The molecule has 0 radical (unpaired) electrons. The second kappa shape index (κ2) is 9.05. The first-order valence-electron chi connectivity index (χ1n) is 5.57. The van der Waals surface area contributed by atoms with Gasteiger partial charge in [-0.1, -0.05) is 40.0 Å². The molecule has 0 unspecified atom stereocenters. The highest BCUT2D eigenvalue weighted by Gasteiger charge is 2.04. The summed E-state index contributed by atoms with van der Waals surface area (Å²) in [5.74, 6) is 0. The zero-order chi connectivity index (χ0) is 9.23. The number of hydrogen-bond acceptors (Lipinski definition) is 1. The largest absolute Gasteiger partial charge is 0.304 e. The van der Waals surface area contributed by atoms with Gasteiger partial charge in [0.1, 0.15) is 0 Å². The van der Waals surface area contributed by atoms with Crippen molar-refractivity contribution < 1.29 is 0 Å². The molecule has 0 amide bonds. The predicted octanol–water partition coefficient (Wildman–Crippen LogP) is 3.30. The van der Waals surface area contributed by atoms with Crippen LogP contribution in [-0.2, 0) is 0 Å². The molecule has 1 fully saturated rings. The molecule has 0 atom stereocenters. The molecule has 1 aliphatic heterocycles. The molecule has 0 bridgehead atoms. The molecule has 1 rings (SSSR count). The summed E-state index contributed by atoms with van der Waals surface area (Å²) in [4.78, 5) is 2.55. The number of likely N-dealkylation sites (tertiary alicyclic amines) is 1. The molecule has 1 aliphatic rings. The minimum absolute atomic E-state index is 1.25. The third kappa shape index (κ3) is 6.66. The van der Waals surface area contributed by atoms with E-state index >= 15 is 0 Å². The van der Waals surface area contributed by atoms with Gasteiger partial charge in [-0.25, -0.2) is 0 Å². The molecular weight excluding hydrogens is 146 g/mol. The Hall–Kier alpha value is -0.0400. The second-order valence-corrected chi connectivity index (χ2v) is 3.56. The van der Waals surface area contributed by atoms with Crippen molar-refractivity contribution in [2.24, 2.45) is 0 Å². The van der Waals surface area contributed by atoms with Crippen LogP contribution in [0.15, 0.2) is 0 Å². The molecule has 0 aromatic carbocycles. The molecule has 0 aliphatic carbocycles. The monoisotopic (exact) mass is 171 g/mol. The van der Waals surface area contributed by atoms with E-state index in [-0.39, 0.29) is 0 Å². The van der Waals surface area contributed by atoms with E-state index in [9.17, 15) is 0 Å². The van der Waals surface area contributed by atoms with Gasteiger partial charge in [0.2, 0.25) is 0 Å². The van der Waals surface area contributed by atoms with Gasteiger partial charge in [0.05, 0.1) is 0 Å². The van der Waals surface area contributed by atoms with Crippen LogP contribution in [0.1, 0.15) is 52.9 Å². The van der Waals surface area contributed by atoms with Crippen molar-refractivity contribution in [2.75, 3.05) is 19.6 Å². The highest BCUT2D eigenvalue weighted by molar-refractivity contribution is 4.60. The highest BCUT2D eigenvalue weighted by Crippen LogP contribution is 2.08. The van der Waals surface area contributed by atoms with E-state index < -0.39 is 0 Å². The maximum atomic E-state index is 2.55. The molecule has 1 heteroatoms. The lowest BCUT2D eigenvalue weighted by atomic mass is 10.2. The third-order valence-corrected chi connectivity index (χ3v) is 2.15. The van der Waals surface area contributed by atoms with Gasteiger partial charge in [0.15, 0.2) is 0 Å². The number of rotatable bonds is 1. The van der Waals surface area contributed by atoms with Crippen LogP contribution in [0.3, 0.4) is 0 Å². The Kier molecular flexibility index (Phi) is 9.02. The summed E-state index contributed by atoms with van der Waals surface area (Å²) in [5.41, 5.74) is 0. The van der Waals surface area contributed by atoms with E-state index in [2.05, 4.69) is 25.7 Å². The molecule has 0 spiro atoms. The zero-order valence-corrected chi connectivity index (χ0v) is 9.10. The van der Waals surface area contributed by atoms with Gasteiger partial charge < -0.3 is 4.90 Å². The Morgan fingerprint density at radius 2 is 1.25 bits per heavy atom. The minimum Gasteiger partial charge on any atom is -0.304 e. The van der Waals surface area contributed by atoms with E-state index in [1.807, 2.05) is 0 Å². The minimum atomic E-state index is 1.25. The molecule has 0 aromatic heterocycles. The van der Waals surface area contributed by atoms with Crippen molar-refractivity contribution in [2.45, 2.75) is 52.9 Å². The number of nitrogens with zero attached hydrogens (tertiary/aromatic N) is 1. The maximum absolute atomic E-state index is 2.55. The smallest absolute Gasteiger partial charge is 0.00189 e. The van der Waals surface area contributed by atoms with Crippen LogP contribution in [0.2, 0.25) is 0 Å². The summed E-state index contributed by atoms with van der Waals surface area (Å²) in [6.07, 6.45) is 7.01. The fourth-order valence-electron chi connectivity index (χ4n) is 1.45. The summed E-state index contributed by atoms with van der Waals surface area (Å²) >= 11 is 0. The normalized spacial score (nSPS) is 19.2. The molecular formula is C11H25N. The van der Waals surface area contributed by atoms with Crippen LogP contribution in [0.25, 0.3) is 0 Å². The summed E-state index contributed by atoms with van der Waals surface area (Å²) < 4.78 is 0.